The highest BCUT2D eigenvalue weighted by Crippen LogP contribution is 2.11. The molecule has 0 aromatic heterocycles. The third-order valence-electron chi connectivity index (χ3n) is 1.84. The molecule has 0 aromatic rings. The van der Waals surface area contributed by atoms with Crippen molar-refractivity contribution in [3.05, 3.63) is 59.8 Å². The summed E-state index contributed by atoms with van der Waals surface area (Å²) < 4.78 is 0. The summed E-state index contributed by atoms with van der Waals surface area (Å²) in [6.45, 7) is 12.0. The van der Waals surface area contributed by atoms with Crippen molar-refractivity contribution in [2.24, 2.45) is 0 Å². The van der Waals surface area contributed by atoms with Gasteiger partial charge in [-0.05, 0) is 38.8 Å². The first-order valence-corrected chi connectivity index (χ1v) is 4.89. The maximum absolute atomic E-state index is 3.66. The molecular weight excluding hydrogens is 168 g/mol. The van der Waals surface area contributed by atoms with Crippen molar-refractivity contribution in [2.45, 2.75) is 27.7 Å². The Kier molecular flexibility index (Phi) is 6.47. The summed E-state index contributed by atoms with van der Waals surface area (Å²) in [5.74, 6) is 0. The summed E-state index contributed by atoms with van der Waals surface area (Å²) in [6.07, 6.45) is 12.2. The Hall–Kier alpha value is -1.30. The van der Waals surface area contributed by atoms with E-state index in [0.29, 0.717) is 0 Å². The zero-order valence-corrected chi connectivity index (χ0v) is 9.67. The second-order valence-electron chi connectivity index (χ2n) is 3.43. The van der Waals surface area contributed by atoms with Crippen LogP contribution in [0.1, 0.15) is 27.7 Å². The lowest BCUT2D eigenvalue weighted by atomic mass is 10.1. The second kappa shape index (κ2) is 7.14. The van der Waals surface area contributed by atoms with Gasteiger partial charge in [0.05, 0.1) is 0 Å². The molecule has 76 valence electrons. The SMILES string of the molecule is C=C\C=C/C(=C\C)C(/C)=C/C=C(C)C. The van der Waals surface area contributed by atoms with Gasteiger partial charge in [0.25, 0.3) is 0 Å². The van der Waals surface area contributed by atoms with E-state index in [0.717, 1.165) is 0 Å². The van der Waals surface area contributed by atoms with Gasteiger partial charge in [0.15, 0.2) is 0 Å². The zero-order chi connectivity index (χ0) is 11.0. The van der Waals surface area contributed by atoms with Gasteiger partial charge < -0.3 is 0 Å². The smallest absolute Gasteiger partial charge is 0.0270 e. The average molecular weight is 188 g/mol. The van der Waals surface area contributed by atoms with Crippen LogP contribution in [0.5, 0.6) is 0 Å². The van der Waals surface area contributed by atoms with Crippen LogP contribution in [0.15, 0.2) is 59.8 Å². The van der Waals surface area contributed by atoms with E-state index >= 15 is 0 Å². The predicted octanol–water partition coefficient (Wildman–Crippen LogP) is 4.59. The van der Waals surface area contributed by atoms with Crippen molar-refractivity contribution in [3.8, 4) is 0 Å². The maximum Gasteiger partial charge on any atom is -0.0270 e. The molecule has 0 N–H and O–H groups in total. The maximum atomic E-state index is 3.66. The molecule has 0 bridgehead atoms. The molecule has 0 amide bonds. The number of hydrogen-bond donors (Lipinski definition) is 0. The monoisotopic (exact) mass is 188 g/mol. The van der Waals surface area contributed by atoms with E-state index in [1.54, 1.807) is 6.08 Å². The molecular formula is C14H20. The fourth-order valence-corrected chi connectivity index (χ4v) is 1.01. The summed E-state index contributed by atoms with van der Waals surface area (Å²) in [7, 11) is 0. The molecule has 0 unspecified atom stereocenters. The van der Waals surface area contributed by atoms with Crippen molar-refractivity contribution < 1.29 is 0 Å². The van der Waals surface area contributed by atoms with E-state index in [2.05, 4.69) is 51.7 Å². The minimum atomic E-state index is 1.24. The highest BCUT2D eigenvalue weighted by atomic mass is 14.0. The van der Waals surface area contributed by atoms with Gasteiger partial charge in [-0.25, -0.2) is 0 Å². The number of rotatable bonds is 4. The van der Waals surface area contributed by atoms with Crippen molar-refractivity contribution in [2.75, 3.05) is 0 Å². The molecule has 0 saturated heterocycles. The Morgan fingerprint density at radius 1 is 1.07 bits per heavy atom. The fourth-order valence-electron chi connectivity index (χ4n) is 1.01. The summed E-state index contributed by atoms with van der Waals surface area (Å²) in [4.78, 5) is 0. The van der Waals surface area contributed by atoms with Crippen LogP contribution in [0.4, 0.5) is 0 Å². The summed E-state index contributed by atoms with van der Waals surface area (Å²) in [6, 6.07) is 0. The molecule has 0 fully saturated rings. The molecule has 0 atom stereocenters. The van der Waals surface area contributed by atoms with Gasteiger partial charge in [0, 0.05) is 0 Å². The third kappa shape index (κ3) is 5.36. The van der Waals surface area contributed by atoms with Gasteiger partial charge in [-0.15, -0.1) is 0 Å². The zero-order valence-electron chi connectivity index (χ0n) is 9.67. The van der Waals surface area contributed by atoms with Crippen molar-refractivity contribution >= 4 is 0 Å². The molecule has 0 aliphatic carbocycles. The van der Waals surface area contributed by atoms with Crippen LogP contribution in [-0.4, -0.2) is 0 Å². The topological polar surface area (TPSA) is 0 Å². The Morgan fingerprint density at radius 3 is 2.14 bits per heavy atom. The Bertz CT molecular complexity index is 292. The molecule has 0 aromatic carbocycles. The van der Waals surface area contributed by atoms with Gasteiger partial charge in [0.1, 0.15) is 0 Å². The summed E-state index contributed by atoms with van der Waals surface area (Å²) in [5, 5.41) is 0. The van der Waals surface area contributed by atoms with Gasteiger partial charge in [-0.1, -0.05) is 48.6 Å². The van der Waals surface area contributed by atoms with Crippen molar-refractivity contribution in [1.82, 2.24) is 0 Å². The highest BCUT2D eigenvalue weighted by molar-refractivity contribution is 5.40. The minimum absolute atomic E-state index is 1.24. The van der Waals surface area contributed by atoms with E-state index in [4.69, 9.17) is 0 Å². The van der Waals surface area contributed by atoms with E-state index in [-0.39, 0.29) is 0 Å². The molecule has 0 spiro atoms. The van der Waals surface area contributed by atoms with Crippen LogP contribution in [0.3, 0.4) is 0 Å². The number of allylic oxidation sites excluding steroid dienone is 9. The largest absolute Gasteiger partial charge is 0.0991 e. The van der Waals surface area contributed by atoms with Crippen LogP contribution >= 0.6 is 0 Å². The highest BCUT2D eigenvalue weighted by Gasteiger charge is 1.91. The Balaban J connectivity index is 4.72. The lowest BCUT2D eigenvalue weighted by Crippen LogP contribution is -1.79. The van der Waals surface area contributed by atoms with Gasteiger partial charge >= 0.3 is 0 Å². The lowest BCUT2D eigenvalue weighted by Gasteiger charge is -1.99. The third-order valence-corrected chi connectivity index (χ3v) is 1.84. The van der Waals surface area contributed by atoms with Crippen LogP contribution in [0, 0.1) is 0 Å². The Labute approximate surface area is 88.0 Å². The van der Waals surface area contributed by atoms with Gasteiger partial charge in [0.2, 0.25) is 0 Å². The Morgan fingerprint density at radius 2 is 1.71 bits per heavy atom. The molecule has 0 aliphatic heterocycles. The summed E-state index contributed by atoms with van der Waals surface area (Å²) in [5.41, 5.74) is 3.82. The van der Waals surface area contributed by atoms with E-state index < -0.39 is 0 Å². The first kappa shape index (κ1) is 12.7. The first-order valence-electron chi connectivity index (χ1n) is 4.89. The van der Waals surface area contributed by atoms with E-state index in [9.17, 15) is 0 Å². The second-order valence-corrected chi connectivity index (χ2v) is 3.43. The molecule has 14 heavy (non-hydrogen) atoms. The molecule has 0 radical (unpaired) electrons. The first-order chi connectivity index (χ1) is 6.61. The van der Waals surface area contributed by atoms with Crippen LogP contribution in [0.25, 0.3) is 0 Å². The van der Waals surface area contributed by atoms with Crippen molar-refractivity contribution in [1.29, 1.82) is 0 Å². The van der Waals surface area contributed by atoms with E-state index in [1.165, 1.54) is 16.7 Å². The predicted molar refractivity (Wildman–Crippen MR) is 66.3 cm³/mol. The standard InChI is InChI=1S/C14H20/c1-6-8-9-14(7-2)13(5)11-10-12(3)4/h6-11H,1H2,2-5H3/b9-8-,13-11+,14-7+. The molecule has 0 heterocycles. The quantitative estimate of drug-likeness (QED) is 0.566. The molecule has 0 nitrogen and oxygen atoms in total. The molecule has 0 saturated carbocycles. The molecule has 0 rings (SSSR count). The summed E-state index contributed by atoms with van der Waals surface area (Å²) >= 11 is 0. The number of hydrogen-bond acceptors (Lipinski definition) is 0. The van der Waals surface area contributed by atoms with Gasteiger partial charge in [-0.2, -0.15) is 0 Å². The average Bonchev–Trinajstić information content (AvgIpc) is 2.16. The minimum Gasteiger partial charge on any atom is -0.0991 e. The lowest BCUT2D eigenvalue weighted by molar-refractivity contribution is 1.36. The molecule has 0 heteroatoms. The van der Waals surface area contributed by atoms with Crippen molar-refractivity contribution in [3.63, 3.8) is 0 Å². The van der Waals surface area contributed by atoms with E-state index in [1.807, 2.05) is 13.0 Å². The normalized spacial score (nSPS) is 13.1. The van der Waals surface area contributed by atoms with Gasteiger partial charge in [-0.3, -0.25) is 0 Å². The van der Waals surface area contributed by atoms with Crippen LogP contribution in [0.2, 0.25) is 0 Å². The van der Waals surface area contributed by atoms with Crippen LogP contribution in [-0.2, 0) is 0 Å². The fraction of sp³-hybridized carbons (Fsp3) is 0.286. The van der Waals surface area contributed by atoms with Crippen LogP contribution < -0.4 is 0 Å². The molecule has 0 aliphatic rings.